The van der Waals surface area contributed by atoms with Gasteiger partial charge in [0.1, 0.15) is 18.2 Å². The molecule has 1 aromatic rings. The summed E-state index contributed by atoms with van der Waals surface area (Å²) in [6.07, 6.45) is 1.11. The second-order valence-corrected chi connectivity index (χ2v) is 12.7. The van der Waals surface area contributed by atoms with Crippen molar-refractivity contribution in [2.75, 3.05) is 19.4 Å². The van der Waals surface area contributed by atoms with E-state index in [-0.39, 0.29) is 0 Å². The Hall–Kier alpha value is -0.640. The van der Waals surface area contributed by atoms with Gasteiger partial charge in [-0.05, 0) is 45.4 Å². The van der Waals surface area contributed by atoms with E-state index >= 15 is 0 Å². The first-order valence-electron chi connectivity index (χ1n) is 7.96. The highest BCUT2D eigenvalue weighted by atomic mass is 32.2. The maximum atomic E-state index is 13.6. The molecular weight excluding hydrogens is 329 g/mol. The van der Waals surface area contributed by atoms with E-state index in [4.69, 9.17) is 4.74 Å². The van der Waals surface area contributed by atoms with Crippen LogP contribution in [0.4, 0.5) is 0 Å². The van der Waals surface area contributed by atoms with E-state index < -0.39 is 28.2 Å². The van der Waals surface area contributed by atoms with Gasteiger partial charge in [0.25, 0.3) is 0 Å². The third kappa shape index (κ3) is 4.26. The first kappa shape index (κ1) is 20.4. The summed E-state index contributed by atoms with van der Waals surface area (Å²) in [5, 5.41) is -0.832. The van der Waals surface area contributed by atoms with Crippen molar-refractivity contribution >= 4 is 18.1 Å². The van der Waals surface area contributed by atoms with E-state index in [2.05, 4.69) is 4.72 Å². The van der Waals surface area contributed by atoms with E-state index in [0.717, 1.165) is 11.3 Å². The normalized spacial score (nSPS) is 16.7. The first-order valence-corrected chi connectivity index (χ1v) is 11.2. The van der Waals surface area contributed by atoms with E-state index in [1.165, 1.54) is 0 Å². The number of ether oxygens (including phenoxy) is 1. The van der Waals surface area contributed by atoms with Crippen molar-refractivity contribution in [2.24, 2.45) is 0 Å². The van der Waals surface area contributed by atoms with Gasteiger partial charge >= 0.3 is 0 Å². The monoisotopic (exact) mass is 359 g/mol. The largest absolute Gasteiger partial charge is 0.497 e. The highest BCUT2D eigenvalue weighted by molar-refractivity contribution is 7.85. The topological polar surface area (TPSA) is 55.4 Å². The van der Waals surface area contributed by atoms with Crippen LogP contribution < -0.4 is 9.46 Å². The van der Waals surface area contributed by atoms with Gasteiger partial charge in [-0.25, -0.2) is 8.93 Å². The predicted molar refractivity (Wildman–Crippen MR) is 100 cm³/mol. The fourth-order valence-corrected chi connectivity index (χ4v) is 6.51. The van der Waals surface area contributed by atoms with Crippen molar-refractivity contribution in [3.8, 4) is 5.75 Å². The number of rotatable bonds is 7. The molecule has 0 radical (unpaired) electrons. The van der Waals surface area contributed by atoms with Gasteiger partial charge in [-0.15, -0.1) is 0 Å². The standard InChI is InChI=1S/C17H30NO3PS/c1-8-22(19,9-2)17(6,18-23(20)16(3,4)5)14-10-12-15(21-7)13-11-14/h10-13,18H,8-9H2,1-7H3/t17-,23-/m0/s1. The molecule has 0 fully saturated rings. The van der Waals surface area contributed by atoms with Crippen molar-refractivity contribution < 1.29 is 13.5 Å². The molecule has 1 rings (SSSR count). The van der Waals surface area contributed by atoms with Gasteiger partial charge < -0.3 is 9.30 Å². The average molecular weight is 359 g/mol. The molecule has 0 saturated carbocycles. The molecule has 132 valence electrons. The van der Waals surface area contributed by atoms with Gasteiger partial charge in [0.2, 0.25) is 0 Å². The molecule has 0 heterocycles. The smallest absolute Gasteiger partial charge is 0.118 e. The van der Waals surface area contributed by atoms with Crippen LogP contribution >= 0.6 is 7.14 Å². The minimum absolute atomic E-state index is 0.431. The van der Waals surface area contributed by atoms with E-state index in [1.807, 2.05) is 65.8 Å². The molecule has 1 N–H and O–H groups in total. The summed E-state index contributed by atoms with van der Waals surface area (Å²) < 4.78 is 34.2. The van der Waals surface area contributed by atoms with Crippen LogP contribution in [0.1, 0.15) is 47.1 Å². The van der Waals surface area contributed by atoms with Crippen molar-refractivity contribution in [1.29, 1.82) is 0 Å². The Morgan fingerprint density at radius 2 is 1.57 bits per heavy atom. The zero-order valence-corrected chi connectivity index (χ0v) is 17.0. The molecule has 0 spiro atoms. The zero-order chi connectivity index (χ0) is 17.9. The first-order chi connectivity index (χ1) is 10.5. The lowest BCUT2D eigenvalue weighted by atomic mass is 10.1. The lowest BCUT2D eigenvalue weighted by Gasteiger charge is -2.39. The van der Waals surface area contributed by atoms with Crippen LogP contribution in [0.2, 0.25) is 0 Å². The van der Waals surface area contributed by atoms with Crippen LogP contribution in [0, 0.1) is 0 Å². The number of nitrogens with one attached hydrogen (secondary N) is 1. The summed E-state index contributed by atoms with van der Waals surface area (Å²) in [6.45, 7) is 11.5. The Morgan fingerprint density at radius 1 is 1.09 bits per heavy atom. The summed E-state index contributed by atoms with van der Waals surface area (Å²) in [5.74, 6) is 0.746. The Labute approximate surface area is 143 Å². The number of methoxy groups -OCH3 is 1. The van der Waals surface area contributed by atoms with Crippen molar-refractivity contribution in [1.82, 2.24) is 4.72 Å². The van der Waals surface area contributed by atoms with E-state index in [1.54, 1.807) is 7.11 Å². The predicted octanol–water partition coefficient (Wildman–Crippen LogP) is 4.32. The summed E-state index contributed by atoms with van der Waals surface area (Å²) in [7, 11) is -2.32. The molecule has 2 atom stereocenters. The van der Waals surface area contributed by atoms with Crippen molar-refractivity contribution in [2.45, 2.75) is 51.6 Å². The fourth-order valence-electron chi connectivity index (χ4n) is 2.48. The Kier molecular flexibility index (Phi) is 6.65. The summed E-state index contributed by atoms with van der Waals surface area (Å²) in [6, 6.07) is 7.52. The van der Waals surface area contributed by atoms with Crippen LogP contribution in [0.3, 0.4) is 0 Å². The maximum absolute atomic E-state index is 13.6. The summed E-state index contributed by atoms with van der Waals surface area (Å²) in [4.78, 5) is 0. The van der Waals surface area contributed by atoms with Gasteiger partial charge in [-0.2, -0.15) is 0 Å². The molecular formula is C17H30NO3PS. The minimum Gasteiger partial charge on any atom is -0.497 e. The van der Waals surface area contributed by atoms with Crippen LogP contribution in [-0.4, -0.2) is 28.4 Å². The quantitative estimate of drug-likeness (QED) is 0.738. The van der Waals surface area contributed by atoms with Crippen LogP contribution in [0.25, 0.3) is 0 Å². The lowest BCUT2D eigenvalue weighted by molar-refractivity contribution is 0.414. The molecule has 0 aliphatic rings. The number of hydrogen-bond donors (Lipinski definition) is 1. The van der Waals surface area contributed by atoms with Gasteiger partial charge in [-0.1, -0.05) is 26.0 Å². The van der Waals surface area contributed by atoms with Crippen molar-refractivity contribution in [3.63, 3.8) is 0 Å². The van der Waals surface area contributed by atoms with Crippen LogP contribution in [0.5, 0.6) is 5.75 Å². The summed E-state index contributed by atoms with van der Waals surface area (Å²) >= 11 is 0. The third-order valence-electron chi connectivity index (χ3n) is 4.34. The maximum Gasteiger partial charge on any atom is 0.118 e. The Bertz CT molecular complexity index is 587. The minimum atomic E-state index is -2.62. The number of benzene rings is 1. The van der Waals surface area contributed by atoms with E-state index in [9.17, 15) is 8.77 Å². The third-order valence-corrected chi connectivity index (χ3v) is 10.2. The highest BCUT2D eigenvalue weighted by Crippen LogP contribution is 2.61. The molecule has 0 amide bonds. The second-order valence-electron chi connectivity index (χ2n) is 6.81. The number of hydrogen-bond acceptors (Lipinski definition) is 3. The van der Waals surface area contributed by atoms with Gasteiger partial charge in [0, 0.05) is 12.3 Å². The highest BCUT2D eigenvalue weighted by Gasteiger charge is 2.45. The molecule has 1 aromatic carbocycles. The molecule has 0 bridgehead atoms. The van der Waals surface area contributed by atoms with Gasteiger partial charge in [0.05, 0.1) is 22.8 Å². The zero-order valence-electron chi connectivity index (χ0n) is 15.3. The molecule has 0 aliphatic heterocycles. The molecule has 0 unspecified atom stereocenters. The Morgan fingerprint density at radius 3 is 1.91 bits per heavy atom. The van der Waals surface area contributed by atoms with Crippen LogP contribution in [-0.2, 0) is 20.8 Å². The van der Waals surface area contributed by atoms with Gasteiger partial charge in [-0.3, -0.25) is 0 Å². The van der Waals surface area contributed by atoms with Gasteiger partial charge in [0.15, 0.2) is 0 Å². The van der Waals surface area contributed by atoms with Crippen LogP contribution in [0.15, 0.2) is 24.3 Å². The average Bonchev–Trinajstić information content (AvgIpc) is 2.52. The molecule has 4 nitrogen and oxygen atoms in total. The second kappa shape index (κ2) is 7.50. The Balaban J connectivity index is 3.41. The molecule has 0 aromatic heterocycles. The van der Waals surface area contributed by atoms with E-state index in [0.29, 0.717) is 12.3 Å². The molecule has 0 saturated heterocycles. The SMILES string of the molecule is CCP(=O)(CC)[C@](C)(N[S@@](=O)C(C)(C)C)c1ccc(OC)cc1. The molecule has 0 aliphatic carbocycles. The lowest BCUT2D eigenvalue weighted by Crippen LogP contribution is -2.46. The fraction of sp³-hybridized carbons (Fsp3) is 0.647. The summed E-state index contributed by atoms with van der Waals surface area (Å²) in [5.41, 5.74) is 0.878. The molecule has 6 heteroatoms. The van der Waals surface area contributed by atoms with Crippen molar-refractivity contribution in [3.05, 3.63) is 29.8 Å². The molecule has 23 heavy (non-hydrogen) atoms.